The van der Waals surface area contributed by atoms with Gasteiger partial charge < -0.3 is 24.3 Å². The van der Waals surface area contributed by atoms with E-state index in [1.807, 2.05) is 4.90 Å². The van der Waals surface area contributed by atoms with Gasteiger partial charge in [0.25, 0.3) is 0 Å². The van der Waals surface area contributed by atoms with Crippen molar-refractivity contribution in [2.75, 3.05) is 75.8 Å². The number of nitrogens with zero attached hydrogens (tertiary/aromatic N) is 4. The van der Waals surface area contributed by atoms with Gasteiger partial charge in [0.05, 0.1) is 6.61 Å². The Bertz CT molecular complexity index is 1180. The Labute approximate surface area is 212 Å². The van der Waals surface area contributed by atoms with Crippen molar-refractivity contribution in [1.82, 2.24) is 9.80 Å². The van der Waals surface area contributed by atoms with Crippen molar-refractivity contribution < 1.29 is 9.53 Å². The van der Waals surface area contributed by atoms with E-state index in [0.717, 1.165) is 52.4 Å². The van der Waals surface area contributed by atoms with Crippen LogP contribution in [0.15, 0.2) is 42.5 Å². The number of rotatable bonds is 6. The van der Waals surface area contributed by atoms with Gasteiger partial charge in [-0.05, 0) is 56.3 Å². The minimum absolute atomic E-state index is 0.0878. The summed E-state index contributed by atoms with van der Waals surface area (Å²) >= 11 is 1.77. The Kier molecular flexibility index (Phi) is 7.27. The number of carbonyl (C=O) groups excluding carboxylic acids is 1. The maximum Gasteiger partial charge on any atom is 0.248 e. The fourth-order valence-corrected chi connectivity index (χ4v) is 6.12. The lowest BCUT2D eigenvalue weighted by molar-refractivity contribution is -0.136. The van der Waals surface area contributed by atoms with E-state index in [1.165, 1.54) is 37.5 Å². The van der Waals surface area contributed by atoms with Gasteiger partial charge in [-0.2, -0.15) is 0 Å². The Hall–Kier alpha value is -2.61. The standard InChI is InChI=1S/C28H36N4O2S/c1-21-6-4-7-25(22(21)2)30-14-16-32(17-15-30)28(33)20-34-19-23-18-24-26(8-5-9-27(24)35-23)31-12-10-29(3)11-13-31/h4-9,18H,10-17,19-20H2,1-3H3. The molecule has 0 saturated carbocycles. The predicted molar refractivity (Wildman–Crippen MR) is 146 cm³/mol. The lowest BCUT2D eigenvalue weighted by Crippen LogP contribution is -2.50. The smallest absolute Gasteiger partial charge is 0.248 e. The van der Waals surface area contributed by atoms with Crippen LogP contribution in [0.4, 0.5) is 11.4 Å². The molecule has 7 heteroatoms. The fourth-order valence-electron chi connectivity index (χ4n) is 5.10. The molecule has 2 aliphatic rings. The summed E-state index contributed by atoms with van der Waals surface area (Å²) in [6.07, 6.45) is 0. The summed E-state index contributed by atoms with van der Waals surface area (Å²) in [7, 11) is 2.18. The summed E-state index contributed by atoms with van der Waals surface area (Å²) in [5.74, 6) is 0.0878. The number of aryl methyl sites for hydroxylation is 1. The van der Waals surface area contributed by atoms with Gasteiger partial charge in [-0.25, -0.2) is 0 Å². The molecule has 0 spiro atoms. The number of hydrogen-bond donors (Lipinski definition) is 0. The Morgan fingerprint density at radius 2 is 1.54 bits per heavy atom. The van der Waals surface area contributed by atoms with Crippen LogP contribution < -0.4 is 9.80 Å². The minimum atomic E-state index is 0.0878. The number of carbonyl (C=O) groups is 1. The molecule has 3 heterocycles. The highest BCUT2D eigenvalue weighted by Crippen LogP contribution is 2.34. The molecule has 0 bridgehead atoms. The van der Waals surface area contributed by atoms with Gasteiger partial charge in [0.1, 0.15) is 6.61 Å². The maximum atomic E-state index is 12.8. The second kappa shape index (κ2) is 10.6. The van der Waals surface area contributed by atoms with Gasteiger partial charge in [0, 0.05) is 78.7 Å². The van der Waals surface area contributed by atoms with Gasteiger partial charge in [0.15, 0.2) is 0 Å². The molecule has 0 unspecified atom stereocenters. The van der Waals surface area contributed by atoms with E-state index in [-0.39, 0.29) is 12.5 Å². The van der Waals surface area contributed by atoms with Crippen LogP contribution in [0, 0.1) is 13.8 Å². The van der Waals surface area contributed by atoms with Crippen molar-refractivity contribution >= 4 is 38.7 Å². The molecular formula is C28H36N4O2S. The van der Waals surface area contributed by atoms with E-state index in [0.29, 0.717) is 6.61 Å². The van der Waals surface area contributed by atoms with Crippen molar-refractivity contribution in [2.45, 2.75) is 20.5 Å². The van der Waals surface area contributed by atoms with E-state index in [2.05, 4.69) is 78.1 Å². The molecule has 0 N–H and O–H groups in total. The first-order valence-corrected chi connectivity index (χ1v) is 13.4. The molecule has 0 aliphatic carbocycles. The molecule has 186 valence electrons. The van der Waals surface area contributed by atoms with E-state index in [1.54, 1.807) is 11.3 Å². The zero-order chi connectivity index (χ0) is 24.4. The number of ether oxygens (including phenoxy) is 1. The number of likely N-dealkylation sites (N-methyl/N-ethyl adjacent to an activating group) is 1. The first-order chi connectivity index (χ1) is 17.0. The molecule has 1 amide bonds. The third-order valence-electron chi connectivity index (χ3n) is 7.45. The average molecular weight is 493 g/mol. The molecule has 1 aromatic heterocycles. The van der Waals surface area contributed by atoms with Crippen molar-refractivity contribution in [2.24, 2.45) is 0 Å². The lowest BCUT2D eigenvalue weighted by atomic mass is 10.1. The Balaban J connectivity index is 1.13. The topological polar surface area (TPSA) is 39.3 Å². The number of fused-ring (bicyclic) bond motifs is 1. The molecule has 35 heavy (non-hydrogen) atoms. The highest BCUT2D eigenvalue weighted by atomic mass is 32.1. The first-order valence-electron chi connectivity index (χ1n) is 12.6. The van der Waals surface area contributed by atoms with Gasteiger partial charge in [-0.15, -0.1) is 11.3 Å². The fraction of sp³-hybridized carbons (Fsp3) is 0.464. The highest BCUT2D eigenvalue weighted by Gasteiger charge is 2.23. The largest absolute Gasteiger partial charge is 0.368 e. The van der Waals surface area contributed by atoms with Crippen molar-refractivity contribution in [3.63, 3.8) is 0 Å². The normalized spacial score (nSPS) is 17.4. The molecule has 6 nitrogen and oxygen atoms in total. The molecule has 2 aromatic carbocycles. The molecule has 5 rings (SSSR count). The van der Waals surface area contributed by atoms with E-state index in [4.69, 9.17) is 4.74 Å². The number of amides is 1. The molecule has 0 atom stereocenters. The quantitative estimate of drug-likeness (QED) is 0.517. The van der Waals surface area contributed by atoms with Crippen LogP contribution in [0.1, 0.15) is 16.0 Å². The van der Waals surface area contributed by atoms with Crippen LogP contribution in [0.25, 0.3) is 10.1 Å². The highest BCUT2D eigenvalue weighted by molar-refractivity contribution is 7.19. The summed E-state index contributed by atoms with van der Waals surface area (Å²) in [5, 5.41) is 1.30. The summed E-state index contributed by atoms with van der Waals surface area (Å²) < 4.78 is 7.18. The van der Waals surface area contributed by atoms with E-state index < -0.39 is 0 Å². The summed E-state index contributed by atoms with van der Waals surface area (Å²) in [6.45, 7) is 12.5. The third kappa shape index (κ3) is 5.32. The number of anilines is 2. The number of benzene rings is 2. The second-order valence-electron chi connectivity index (χ2n) is 9.77. The van der Waals surface area contributed by atoms with Crippen LogP contribution in [-0.2, 0) is 16.1 Å². The number of thiophene rings is 1. The average Bonchev–Trinajstić information content (AvgIpc) is 3.29. The molecule has 0 radical (unpaired) electrons. The van der Waals surface area contributed by atoms with Crippen molar-refractivity contribution in [3.05, 3.63) is 58.5 Å². The summed E-state index contributed by atoms with van der Waals surface area (Å²) in [4.78, 5) is 23.2. The van der Waals surface area contributed by atoms with Crippen LogP contribution in [0.3, 0.4) is 0 Å². The molecular weight excluding hydrogens is 456 g/mol. The van der Waals surface area contributed by atoms with Crippen LogP contribution in [0.5, 0.6) is 0 Å². The third-order valence-corrected chi connectivity index (χ3v) is 8.53. The Morgan fingerprint density at radius 3 is 2.31 bits per heavy atom. The Morgan fingerprint density at radius 1 is 0.886 bits per heavy atom. The molecule has 3 aromatic rings. The monoisotopic (exact) mass is 492 g/mol. The minimum Gasteiger partial charge on any atom is -0.368 e. The van der Waals surface area contributed by atoms with Gasteiger partial charge in [0.2, 0.25) is 5.91 Å². The van der Waals surface area contributed by atoms with Crippen LogP contribution in [0.2, 0.25) is 0 Å². The number of hydrogen-bond acceptors (Lipinski definition) is 6. The van der Waals surface area contributed by atoms with Crippen molar-refractivity contribution in [1.29, 1.82) is 0 Å². The van der Waals surface area contributed by atoms with Gasteiger partial charge >= 0.3 is 0 Å². The van der Waals surface area contributed by atoms with Crippen LogP contribution >= 0.6 is 11.3 Å². The molecule has 2 fully saturated rings. The SMILES string of the molecule is Cc1cccc(N2CCN(C(=O)COCc3cc4c(N5CCN(C)CC5)cccc4s3)CC2)c1C. The second-order valence-corrected chi connectivity index (χ2v) is 10.9. The predicted octanol–water partition coefficient (Wildman–Crippen LogP) is 4.14. The first kappa shape index (κ1) is 24.1. The maximum absolute atomic E-state index is 12.8. The number of piperazine rings is 2. The van der Waals surface area contributed by atoms with Crippen molar-refractivity contribution in [3.8, 4) is 0 Å². The van der Waals surface area contributed by atoms with E-state index >= 15 is 0 Å². The zero-order valence-corrected chi connectivity index (χ0v) is 21.9. The zero-order valence-electron chi connectivity index (χ0n) is 21.1. The summed E-state index contributed by atoms with van der Waals surface area (Å²) in [5.41, 5.74) is 5.24. The lowest BCUT2D eigenvalue weighted by Gasteiger charge is -2.37. The molecule has 2 saturated heterocycles. The van der Waals surface area contributed by atoms with Gasteiger partial charge in [-0.3, -0.25) is 4.79 Å². The van der Waals surface area contributed by atoms with Crippen LogP contribution in [-0.4, -0.2) is 81.7 Å². The van der Waals surface area contributed by atoms with Gasteiger partial charge in [-0.1, -0.05) is 18.2 Å². The molecule has 2 aliphatic heterocycles. The summed E-state index contributed by atoms with van der Waals surface area (Å²) in [6, 6.07) is 15.3. The van der Waals surface area contributed by atoms with E-state index in [9.17, 15) is 4.79 Å².